The van der Waals surface area contributed by atoms with Crippen LogP contribution in [0.5, 0.6) is 0 Å². The lowest BCUT2D eigenvalue weighted by Crippen LogP contribution is -2.67. The van der Waals surface area contributed by atoms with Crippen LogP contribution in [-0.2, 0) is 19.1 Å². The van der Waals surface area contributed by atoms with E-state index in [-0.39, 0.29) is 48.3 Å². The Bertz CT molecular complexity index is 982. The average molecular weight is 539 g/mol. The summed E-state index contributed by atoms with van der Waals surface area (Å²) in [5.41, 5.74) is -1.67. The number of hydrogen-bond acceptors (Lipinski definition) is 5. The molecule has 0 spiro atoms. The average Bonchev–Trinajstić information content (AvgIpc) is 2.99. The molecule has 0 aliphatic heterocycles. The minimum Gasteiger partial charge on any atom is -0.457 e. The number of Topliss-reactive ketones (excluding diaryl/α,β-unsaturated/α-hetero) is 1. The fourth-order valence-corrected chi connectivity index (χ4v) is 8.73. The largest absolute Gasteiger partial charge is 0.457 e. The van der Waals surface area contributed by atoms with Gasteiger partial charge in [-0.1, -0.05) is 42.8 Å². The molecule has 0 heterocycles. The Hall–Kier alpha value is -1.34. The van der Waals surface area contributed by atoms with Gasteiger partial charge in [0.25, 0.3) is 0 Å². The number of aliphatic hydroxyl groups is 1. The van der Waals surface area contributed by atoms with E-state index in [4.69, 9.17) is 4.74 Å². The highest BCUT2D eigenvalue weighted by atomic mass is 79.9. The van der Waals surface area contributed by atoms with Crippen LogP contribution in [0.4, 0.5) is 4.39 Å². The lowest BCUT2D eigenvalue weighted by atomic mass is 9.46. The van der Waals surface area contributed by atoms with Gasteiger partial charge in [-0.25, -0.2) is 4.39 Å². The molecule has 3 fully saturated rings. The standard InChI is InChI=1S/C27H36BrFO5/c1-14-9-16-17-11-19(29)18-10-15(30)7-8-26(18,6)27(17,28)21(32)12-25(16,5)22(14)20(31)13-34-23(33)24(2,3)4/h7-8,10,14,16-17,19,21-22,32H,9,11-13H2,1-6H3/t14-,16+,17+,19+,21+,22-,25+,26+,27+/m1/s1. The highest BCUT2D eigenvalue weighted by Gasteiger charge is 2.71. The van der Waals surface area contributed by atoms with Gasteiger partial charge in [-0.3, -0.25) is 14.4 Å². The third-order valence-corrected chi connectivity index (χ3v) is 11.2. The summed E-state index contributed by atoms with van der Waals surface area (Å²) in [4.78, 5) is 37.7. The molecule has 0 aromatic carbocycles. The van der Waals surface area contributed by atoms with Crippen LogP contribution in [-0.4, -0.2) is 45.8 Å². The molecule has 0 aromatic heterocycles. The van der Waals surface area contributed by atoms with Crippen molar-refractivity contribution in [3.8, 4) is 0 Å². The Morgan fingerprint density at radius 2 is 1.88 bits per heavy atom. The molecular formula is C27H36BrFO5. The van der Waals surface area contributed by atoms with Crippen LogP contribution in [0.2, 0.25) is 0 Å². The number of carbonyl (C=O) groups is 3. The Morgan fingerprint density at radius 3 is 2.50 bits per heavy atom. The predicted molar refractivity (Wildman–Crippen MR) is 130 cm³/mol. The number of fused-ring (bicyclic) bond motifs is 5. The van der Waals surface area contributed by atoms with E-state index in [0.29, 0.717) is 12.0 Å². The van der Waals surface area contributed by atoms with Crippen molar-refractivity contribution in [3.05, 3.63) is 23.8 Å². The molecule has 7 heteroatoms. The van der Waals surface area contributed by atoms with Crippen LogP contribution in [0.1, 0.15) is 60.8 Å². The van der Waals surface area contributed by atoms with Crippen LogP contribution in [0, 0.1) is 39.9 Å². The molecule has 188 valence electrons. The molecule has 3 saturated carbocycles. The summed E-state index contributed by atoms with van der Waals surface area (Å²) in [6, 6.07) is 0. The number of halogens is 2. The van der Waals surface area contributed by atoms with Crippen LogP contribution >= 0.6 is 15.9 Å². The van der Waals surface area contributed by atoms with Crippen molar-refractivity contribution < 1.29 is 28.6 Å². The van der Waals surface area contributed by atoms with Crippen molar-refractivity contribution in [2.24, 2.45) is 39.9 Å². The fourth-order valence-electron chi connectivity index (χ4n) is 7.70. The number of hydrogen-bond donors (Lipinski definition) is 1. The highest BCUT2D eigenvalue weighted by Crippen LogP contribution is 2.71. The second-order valence-corrected chi connectivity index (χ2v) is 13.7. The second-order valence-electron chi connectivity index (χ2n) is 12.4. The number of allylic oxidation sites excluding steroid dienone is 4. The molecule has 34 heavy (non-hydrogen) atoms. The predicted octanol–water partition coefficient (Wildman–Crippen LogP) is 4.75. The molecule has 4 aliphatic carbocycles. The van der Waals surface area contributed by atoms with Crippen LogP contribution in [0.25, 0.3) is 0 Å². The van der Waals surface area contributed by atoms with Crippen molar-refractivity contribution in [1.29, 1.82) is 0 Å². The van der Waals surface area contributed by atoms with Crippen molar-refractivity contribution in [1.82, 2.24) is 0 Å². The highest BCUT2D eigenvalue weighted by molar-refractivity contribution is 9.10. The second kappa shape index (κ2) is 8.09. The zero-order valence-corrected chi connectivity index (χ0v) is 22.4. The Morgan fingerprint density at radius 1 is 1.24 bits per heavy atom. The molecular weight excluding hydrogens is 503 g/mol. The van der Waals surface area contributed by atoms with Crippen LogP contribution in [0.15, 0.2) is 23.8 Å². The van der Waals surface area contributed by atoms with Gasteiger partial charge < -0.3 is 9.84 Å². The molecule has 0 unspecified atom stereocenters. The van der Waals surface area contributed by atoms with Crippen molar-refractivity contribution >= 4 is 33.5 Å². The monoisotopic (exact) mass is 538 g/mol. The van der Waals surface area contributed by atoms with E-state index in [1.54, 1.807) is 26.8 Å². The summed E-state index contributed by atoms with van der Waals surface area (Å²) in [7, 11) is 0. The first kappa shape index (κ1) is 25.7. The molecule has 0 amide bonds. The van der Waals surface area contributed by atoms with Gasteiger partial charge in [0.05, 0.1) is 15.8 Å². The van der Waals surface area contributed by atoms with Gasteiger partial charge in [0.1, 0.15) is 12.8 Å². The molecule has 4 rings (SSSR count). The Kier molecular flexibility index (Phi) is 6.12. The smallest absolute Gasteiger partial charge is 0.311 e. The summed E-state index contributed by atoms with van der Waals surface area (Å²) in [5.74, 6) is -1.38. The first-order valence-corrected chi connectivity index (χ1v) is 13.0. The van der Waals surface area contributed by atoms with Gasteiger partial charge in [0.2, 0.25) is 0 Å². The maximum absolute atomic E-state index is 15.6. The van der Waals surface area contributed by atoms with E-state index in [0.717, 1.165) is 6.42 Å². The number of rotatable bonds is 3. The third kappa shape index (κ3) is 3.51. The van der Waals surface area contributed by atoms with E-state index in [9.17, 15) is 19.5 Å². The Balaban J connectivity index is 1.67. The van der Waals surface area contributed by atoms with Crippen molar-refractivity contribution in [2.75, 3.05) is 6.61 Å². The molecule has 9 atom stereocenters. The SMILES string of the molecule is C[C@@H]1C[C@H]2[C@@H]3C[C@H](F)C4=CC(=O)C=C[C@]4(C)[C@@]3(Br)[C@@H](O)C[C@]2(C)[C@H]1C(=O)COC(=O)C(C)(C)C. The van der Waals surface area contributed by atoms with Gasteiger partial charge in [-0.05, 0) is 80.9 Å². The first-order chi connectivity index (χ1) is 15.6. The summed E-state index contributed by atoms with van der Waals surface area (Å²) >= 11 is 3.92. The van der Waals surface area contributed by atoms with E-state index in [2.05, 4.69) is 15.9 Å². The number of carbonyl (C=O) groups excluding carboxylic acids is 3. The summed E-state index contributed by atoms with van der Waals surface area (Å²) in [6.45, 7) is 10.9. The van der Waals surface area contributed by atoms with E-state index >= 15 is 4.39 Å². The minimum absolute atomic E-state index is 0.000181. The van der Waals surface area contributed by atoms with Gasteiger partial charge in [0.15, 0.2) is 11.6 Å². The zero-order valence-electron chi connectivity index (χ0n) is 20.9. The number of alkyl halides is 2. The summed E-state index contributed by atoms with van der Waals surface area (Å²) in [5, 5.41) is 11.6. The quantitative estimate of drug-likeness (QED) is 0.414. The molecule has 5 nitrogen and oxygen atoms in total. The van der Waals surface area contributed by atoms with E-state index in [1.807, 2.05) is 20.8 Å². The number of aliphatic hydroxyl groups excluding tert-OH is 1. The van der Waals surface area contributed by atoms with E-state index in [1.165, 1.54) is 12.2 Å². The third-order valence-electron chi connectivity index (χ3n) is 9.27. The number of ether oxygens (including phenoxy) is 1. The molecule has 0 radical (unpaired) electrons. The van der Waals surface area contributed by atoms with Crippen LogP contribution in [0.3, 0.4) is 0 Å². The van der Waals surface area contributed by atoms with Crippen LogP contribution < -0.4 is 0 Å². The van der Waals surface area contributed by atoms with Gasteiger partial charge in [0, 0.05) is 11.3 Å². The molecule has 0 saturated heterocycles. The fraction of sp³-hybridized carbons (Fsp3) is 0.741. The number of esters is 1. The molecule has 0 aromatic rings. The summed E-state index contributed by atoms with van der Waals surface area (Å²) in [6.07, 6.45) is 3.75. The lowest BCUT2D eigenvalue weighted by Gasteiger charge is -2.64. The van der Waals surface area contributed by atoms with E-state index < -0.39 is 38.8 Å². The molecule has 4 aliphatic rings. The van der Waals surface area contributed by atoms with Crippen molar-refractivity contribution in [3.63, 3.8) is 0 Å². The molecule has 1 N–H and O–H groups in total. The zero-order chi connectivity index (χ0) is 25.4. The van der Waals surface area contributed by atoms with Gasteiger partial charge in [-0.2, -0.15) is 0 Å². The van der Waals surface area contributed by atoms with Gasteiger partial charge in [-0.15, -0.1) is 0 Å². The van der Waals surface area contributed by atoms with Gasteiger partial charge >= 0.3 is 5.97 Å². The lowest BCUT2D eigenvalue weighted by molar-refractivity contribution is -0.159. The first-order valence-electron chi connectivity index (χ1n) is 12.2. The number of ketones is 2. The Labute approximate surface area is 209 Å². The maximum atomic E-state index is 15.6. The normalized spacial score (nSPS) is 45.7. The van der Waals surface area contributed by atoms with Crippen molar-refractivity contribution in [2.45, 2.75) is 77.4 Å². The molecule has 0 bridgehead atoms. The minimum atomic E-state index is -1.29. The maximum Gasteiger partial charge on any atom is 0.311 e. The topological polar surface area (TPSA) is 80.7 Å². The summed E-state index contributed by atoms with van der Waals surface area (Å²) < 4.78 is 20.1.